The van der Waals surface area contributed by atoms with Crippen LogP contribution in [0, 0.1) is 11.6 Å². The molecule has 0 aromatic heterocycles. The molecule has 0 aliphatic carbocycles. The van der Waals surface area contributed by atoms with Gasteiger partial charge < -0.3 is 4.74 Å². The number of para-hydroxylation sites is 1. The van der Waals surface area contributed by atoms with Crippen LogP contribution >= 0.6 is 15.9 Å². The third-order valence-electron chi connectivity index (χ3n) is 2.49. The lowest BCUT2D eigenvalue weighted by Gasteiger charge is -2.10. The van der Waals surface area contributed by atoms with Gasteiger partial charge in [0.2, 0.25) is 0 Å². The summed E-state index contributed by atoms with van der Waals surface area (Å²) in [5.41, 5.74) is 0.864. The van der Waals surface area contributed by atoms with Crippen LogP contribution in [0.15, 0.2) is 40.9 Å². The van der Waals surface area contributed by atoms with Gasteiger partial charge in [-0.3, -0.25) is 4.79 Å². The van der Waals surface area contributed by atoms with Gasteiger partial charge in [0.05, 0.1) is 10.0 Å². The molecule has 0 saturated carbocycles. The van der Waals surface area contributed by atoms with Gasteiger partial charge in [-0.05, 0) is 45.8 Å². The zero-order valence-corrected chi connectivity index (χ0v) is 11.3. The van der Waals surface area contributed by atoms with E-state index in [0.29, 0.717) is 27.6 Å². The lowest BCUT2D eigenvalue weighted by Crippen LogP contribution is -2.00. The maximum atomic E-state index is 13.0. The average Bonchev–Trinajstić information content (AvgIpc) is 2.41. The number of rotatable bonds is 4. The minimum Gasteiger partial charge on any atom is -0.487 e. The van der Waals surface area contributed by atoms with Crippen LogP contribution in [0.1, 0.15) is 15.9 Å². The van der Waals surface area contributed by atoms with Crippen LogP contribution in [0.4, 0.5) is 8.78 Å². The van der Waals surface area contributed by atoms with Gasteiger partial charge in [0.15, 0.2) is 17.9 Å². The molecule has 2 aromatic carbocycles. The lowest BCUT2D eigenvalue weighted by molar-refractivity contribution is 0.111. The van der Waals surface area contributed by atoms with Gasteiger partial charge in [-0.2, -0.15) is 0 Å². The summed E-state index contributed by atoms with van der Waals surface area (Å²) in [7, 11) is 0. The molecule has 0 aliphatic rings. The minimum atomic E-state index is -0.927. The van der Waals surface area contributed by atoms with Crippen molar-refractivity contribution in [1.29, 1.82) is 0 Å². The molecule has 2 aromatic rings. The van der Waals surface area contributed by atoms with Crippen molar-refractivity contribution in [2.24, 2.45) is 0 Å². The van der Waals surface area contributed by atoms with Gasteiger partial charge in [-0.15, -0.1) is 0 Å². The SMILES string of the molecule is O=Cc1cccc(Br)c1OCc1ccc(F)c(F)c1. The van der Waals surface area contributed by atoms with E-state index < -0.39 is 11.6 Å². The molecular formula is C14H9BrF2O2. The second kappa shape index (κ2) is 5.93. The molecule has 0 fully saturated rings. The fourth-order valence-corrected chi connectivity index (χ4v) is 2.05. The monoisotopic (exact) mass is 326 g/mol. The van der Waals surface area contributed by atoms with E-state index in [1.54, 1.807) is 18.2 Å². The Morgan fingerprint density at radius 2 is 1.95 bits per heavy atom. The summed E-state index contributed by atoms with van der Waals surface area (Å²) in [6.07, 6.45) is 0.672. The third-order valence-corrected chi connectivity index (χ3v) is 3.12. The molecule has 0 saturated heterocycles. The molecule has 0 aliphatic heterocycles. The Bertz CT molecular complexity index is 614. The second-order valence-corrected chi connectivity index (χ2v) is 4.67. The molecule has 0 N–H and O–H groups in total. The summed E-state index contributed by atoms with van der Waals surface area (Å²) in [4.78, 5) is 10.9. The van der Waals surface area contributed by atoms with Crippen LogP contribution in [0.3, 0.4) is 0 Å². The molecule has 0 atom stereocenters. The highest BCUT2D eigenvalue weighted by Crippen LogP contribution is 2.28. The number of benzene rings is 2. The molecular weight excluding hydrogens is 318 g/mol. The smallest absolute Gasteiger partial charge is 0.159 e. The lowest BCUT2D eigenvalue weighted by atomic mass is 10.2. The Morgan fingerprint density at radius 1 is 1.16 bits per heavy atom. The molecule has 0 amide bonds. The molecule has 0 radical (unpaired) electrons. The zero-order valence-electron chi connectivity index (χ0n) is 9.70. The number of aldehydes is 1. The van der Waals surface area contributed by atoms with Gasteiger partial charge in [0.1, 0.15) is 12.4 Å². The first-order chi connectivity index (χ1) is 9.11. The highest BCUT2D eigenvalue weighted by atomic mass is 79.9. The molecule has 0 heterocycles. The summed E-state index contributed by atoms with van der Waals surface area (Å²) in [5.74, 6) is -1.45. The summed E-state index contributed by atoms with van der Waals surface area (Å²) in [6, 6.07) is 8.57. The number of ether oxygens (including phenoxy) is 1. The predicted octanol–water partition coefficient (Wildman–Crippen LogP) is 4.12. The topological polar surface area (TPSA) is 26.3 Å². The van der Waals surface area contributed by atoms with Crippen LogP contribution in [0.5, 0.6) is 5.75 Å². The summed E-state index contributed by atoms with van der Waals surface area (Å²) >= 11 is 3.27. The summed E-state index contributed by atoms with van der Waals surface area (Å²) < 4.78 is 31.9. The molecule has 0 unspecified atom stereocenters. The summed E-state index contributed by atoms with van der Waals surface area (Å²) in [5, 5.41) is 0. The number of hydrogen-bond donors (Lipinski definition) is 0. The molecule has 0 spiro atoms. The third kappa shape index (κ3) is 3.17. The van der Waals surface area contributed by atoms with Crippen molar-refractivity contribution in [1.82, 2.24) is 0 Å². The quantitative estimate of drug-likeness (QED) is 0.790. The summed E-state index contributed by atoms with van der Waals surface area (Å²) in [6.45, 7) is 0.0423. The number of hydrogen-bond acceptors (Lipinski definition) is 2. The van der Waals surface area contributed by atoms with E-state index in [1.807, 2.05) is 0 Å². The molecule has 0 bridgehead atoms. The molecule has 19 heavy (non-hydrogen) atoms. The first-order valence-electron chi connectivity index (χ1n) is 5.42. The van der Waals surface area contributed by atoms with E-state index in [1.165, 1.54) is 6.07 Å². The molecule has 98 valence electrons. The largest absolute Gasteiger partial charge is 0.487 e. The Morgan fingerprint density at radius 3 is 2.63 bits per heavy atom. The van der Waals surface area contributed by atoms with Gasteiger partial charge in [-0.1, -0.05) is 12.1 Å². The van der Waals surface area contributed by atoms with E-state index in [2.05, 4.69) is 15.9 Å². The Labute approximate surface area is 117 Å². The predicted molar refractivity (Wildman–Crippen MR) is 70.2 cm³/mol. The van der Waals surface area contributed by atoms with Crippen molar-refractivity contribution in [3.8, 4) is 5.75 Å². The van der Waals surface area contributed by atoms with E-state index in [0.717, 1.165) is 12.1 Å². The Kier molecular flexibility index (Phi) is 4.27. The van der Waals surface area contributed by atoms with Crippen LogP contribution in [0.25, 0.3) is 0 Å². The van der Waals surface area contributed by atoms with Crippen molar-refractivity contribution in [3.63, 3.8) is 0 Å². The zero-order chi connectivity index (χ0) is 13.8. The highest BCUT2D eigenvalue weighted by Gasteiger charge is 2.08. The van der Waals surface area contributed by atoms with Crippen molar-refractivity contribution in [2.75, 3.05) is 0 Å². The average molecular weight is 327 g/mol. The van der Waals surface area contributed by atoms with Crippen molar-refractivity contribution < 1.29 is 18.3 Å². The normalized spacial score (nSPS) is 10.3. The second-order valence-electron chi connectivity index (χ2n) is 3.81. The van der Waals surface area contributed by atoms with Crippen molar-refractivity contribution in [2.45, 2.75) is 6.61 Å². The fourth-order valence-electron chi connectivity index (χ4n) is 1.56. The maximum Gasteiger partial charge on any atom is 0.159 e. The number of carbonyl (C=O) groups is 1. The van der Waals surface area contributed by atoms with E-state index in [9.17, 15) is 13.6 Å². The van der Waals surface area contributed by atoms with Crippen LogP contribution in [-0.4, -0.2) is 6.29 Å². The highest BCUT2D eigenvalue weighted by molar-refractivity contribution is 9.10. The first kappa shape index (κ1) is 13.7. The van der Waals surface area contributed by atoms with Gasteiger partial charge in [0.25, 0.3) is 0 Å². The maximum absolute atomic E-state index is 13.0. The van der Waals surface area contributed by atoms with Crippen molar-refractivity contribution >= 4 is 22.2 Å². The number of carbonyl (C=O) groups excluding carboxylic acids is 1. The van der Waals surface area contributed by atoms with Crippen LogP contribution in [0.2, 0.25) is 0 Å². The molecule has 2 rings (SSSR count). The van der Waals surface area contributed by atoms with Gasteiger partial charge in [0, 0.05) is 0 Å². The fraction of sp³-hybridized carbons (Fsp3) is 0.0714. The number of halogens is 3. The van der Waals surface area contributed by atoms with Crippen LogP contribution in [-0.2, 0) is 6.61 Å². The molecule has 5 heteroatoms. The minimum absolute atomic E-state index is 0.0423. The van der Waals surface area contributed by atoms with E-state index >= 15 is 0 Å². The first-order valence-corrected chi connectivity index (χ1v) is 6.21. The van der Waals surface area contributed by atoms with E-state index in [-0.39, 0.29) is 6.61 Å². The Hall–Kier alpha value is -1.75. The van der Waals surface area contributed by atoms with Crippen LogP contribution < -0.4 is 4.74 Å². The van der Waals surface area contributed by atoms with Crippen molar-refractivity contribution in [3.05, 3.63) is 63.6 Å². The standard InChI is InChI=1S/C14H9BrF2O2/c15-11-3-1-2-10(7-18)14(11)19-8-9-4-5-12(16)13(17)6-9/h1-7H,8H2. The van der Waals surface area contributed by atoms with Gasteiger partial charge >= 0.3 is 0 Å². The molecule has 2 nitrogen and oxygen atoms in total. The van der Waals surface area contributed by atoms with E-state index in [4.69, 9.17) is 4.74 Å². The van der Waals surface area contributed by atoms with Gasteiger partial charge in [-0.25, -0.2) is 8.78 Å². The Balaban J connectivity index is 2.18.